The number of nitrogens with one attached hydrogen (secondary N) is 1. The van der Waals surface area contributed by atoms with Gasteiger partial charge in [-0.05, 0) is 23.6 Å². The zero-order valence-electron chi connectivity index (χ0n) is 9.69. The lowest BCUT2D eigenvalue weighted by atomic mass is 9.89. The molecule has 0 saturated carbocycles. The molecule has 0 radical (unpaired) electrons. The number of carbonyl (C=O) groups excluding carboxylic acids is 1. The summed E-state index contributed by atoms with van der Waals surface area (Å²) < 4.78 is 0. The summed E-state index contributed by atoms with van der Waals surface area (Å²) in [6, 6.07) is 3.53. The Hall–Kier alpha value is -1.13. The summed E-state index contributed by atoms with van der Waals surface area (Å²) in [6.45, 7) is 4.04. The number of amides is 1. The molecule has 0 saturated heterocycles. The molecule has 0 aliphatic carbocycles. The van der Waals surface area contributed by atoms with Gasteiger partial charge in [0.2, 0.25) is 5.91 Å². The topological polar surface area (TPSA) is 81.1 Å². The normalized spacial score (nSPS) is 16.9. The second kappa shape index (κ2) is 5.47. The molecular formula is C11H17Cl2N3O. The van der Waals surface area contributed by atoms with Crippen LogP contribution in [0, 0.1) is 5.92 Å². The summed E-state index contributed by atoms with van der Waals surface area (Å²) in [5, 5.41) is 2.82. The predicted octanol–water partition coefficient (Wildman–Crippen LogP) is 2.39. The highest BCUT2D eigenvalue weighted by Gasteiger charge is 2.33. The number of nitrogens with two attached hydrogens (primary N) is 2. The summed E-state index contributed by atoms with van der Waals surface area (Å²) in [6.07, 6.45) is 0. The number of hydrogen-bond acceptors (Lipinski definition) is 3. The van der Waals surface area contributed by atoms with Crippen LogP contribution in [0.1, 0.15) is 25.3 Å². The largest absolute Gasteiger partial charge is 0.397 e. The van der Waals surface area contributed by atoms with E-state index in [0.717, 1.165) is 11.3 Å². The first-order chi connectivity index (χ1) is 7.00. The highest BCUT2D eigenvalue weighted by Crippen LogP contribution is 2.40. The Kier molecular flexibility index (Phi) is 5.11. The molecule has 1 aliphatic heterocycles. The minimum atomic E-state index is -0.108. The minimum Gasteiger partial charge on any atom is -0.397 e. The molecule has 1 aliphatic rings. The number of carbonyl (C=O) groups is 1. The van der Waals surface area contributed by atoms with E-state index in [2.05, 4.69) is 5.32 Å². The lowest BCUT2D eigenvalue weighted by molar-refractivity contribution is -0.117. The van der Waals surface area contributed by atoms with E-state index in [1.165, 1.54) is 0 Å². The highest BCUT2D eigenvalue weighted by molar-refractivity contribution is 6.04. The second-order valence-corrected chi connectivity index (χ2v) is 4.28. The maximum Gasteiger partial charge on any atom is 0.232 e. The van der Waals surface area contributed by atoms with E-state index in [0.29, 0.717) is 11.4 Å². The fourth-order valence-electron chi connectivity index (χ4n) is 2.03. The Bertz CT molecular complexity index is 435. The third-order valence-corrected chi connectivity index (χ3v) is 2.80. The maximum absolute atomic E-state index is 11.7. The summed E-state index contributed by atoms with van der Waals surface area (Å²) >= 11 is 0. The van der Waals surface area contributed by atoms with Gasteiger partial charge in [-0.2, -0.15) is 0 Å². The number of anilines is 3. The van der Waals surface area contributed by atoms with Crippen LogP contribution in [0.3, 0.4) is 0 Å². The van der Waals surface area contributed by atoms with Crippen LogP contribution in [-0.4, -0.2) is 5.91 Å². The third kappa shape index (κ3) is 2.58. The van der Waals surface area contributed by atoms with E-state index in [4.69, 9.17) is 11.5 Å². The van der Waals surface area contributed by atoms with Gasteiger partial charge in [0.15, 0.2) is 0 Å². The molecule has 96 valence electrons. The average Bonchev–Trinajstić information content (AvgIpc) is 2.41. The quantitative estimate of drug-likeness (QED) is 0.690. The highest BCUT2D eigenvalue weighted by atomic mass is 35.5. The molecule has 1 aromatic rings. The van der Waals surface area contributed by atoms with E-state index in [9.17, 15) is 4.79 Å². The van der Waals surface area contributed by atoms with E-state index < -0.39 is 0 Å². The monoisotopic (exact) mass is 277 g/mol. The summed E-state index contributed by atoms with van der Waals surface area (Å²) in [5.41, 5.74) is 14.2. The van der Waals surface area contributed by atoms with E-state index >= 15 is 0 Å². The molecule has 1 unspecified atom stereocenters. The average molecular weight is 278 g/mol. The van der Waals surface area contributed by atoms with Gasteiger partial charge < -0.3 is 16.8 Å². The van der Waals surface area contributed by atoms with E-state index in [-0.39, 0.29) is 42.6 Å². The summed E-state index contributed by atoms with van der Waals surface area (Å²) in [4.78, 5) is 11.7. The first kappa shape index (κ1) is 15.9. The first-order valence-electron chi connectivity index (χ1n) is 5.00. The zero-order chi connectivity index (χ0) is 11.2. The van der Waals surface area contributed by atoms with Gasteiger partial charge in [0.25, 0.3) is 0 Å². The van der Waals surface area contributed by atoms with Crippen LogP contribution in [-0.2, 0) is 4.79 Å². The molecule has 6 heteroatoms. The number of hydrogen-bond donors (Lipinski definition) is 3. The number of rotatable bonds is 1. The van der Waals surface area contributed by atoms with Gasteiger partial charge in [-0.25, -0.2) is 0 Å². The van der Waals surface area contributed by atoms with Gasteiger partial charge in [-0.3, -0.25) is 4.79 Å². The number of fused-ring (bicyclic) bond motifs is 1. The Morgan fingerprint density at radius 2 is 1.71 bits per heavy atom. The van der Waals surface area contributed by atoms with Crippen LogP contribution in [0.4, 0.5) is 17.1 Å². The summed E-state index contributed by atoms with van der Waals surface area (Å²) in [7, 11) is 0. The molecule has 0 aromatic heterocycles. The first-order valence-corrected chi connectivity index (χ1v) is 5.00. The Morgan fingerprint density at radius 1 is 1.18 bits per heavy atom. The number of benzene rings is 1. The maximum atomic E-state index is 11.7. The van der Waals surface area contributed by atoms with Gasteiger partial charge in [-0.15, -0.1) is 24.8 Å². The van der Waals surface area contributed by atoms with Crippen LogP contribution in [0.5, 0.6) is 0 Å². The number of halogens is 2. The van der Waals surface area contributed by atoms with Crippen LogP contribution in [0.25, 0.3) is 0 Å². The van der Waals surface area contributed by atoms with Crippen molar-refractivity contribution in [3.8, 4) is 0 Å². The van der Waals surface area contributed by atoms with Crippen LogP contribution in [0.15, 0.2) is 12.1 Å². The van der Waals surface area contributed by atoms with Gasteiger partial charge in [0, 0.05) is 5.69 Å². The van der Waals surface area contributed by atoms with Gasteiger partial charge in [0.1, 0.15) is 0 Å². The molecule has 1 atom stereocenters. The molecule has 4 nitrogen and oxygen atoms in total. The van der Waals surface area contributed by atoms with Crippen molar-refractivity contribution in [2.45, 2.75) is 19.8 Å². The van der Waals surface area contributed by atoms with E-state index in [1.54, 1.807) is 12.1 Å². The lowest BCUT2D eigenvalue weighted by Crippen LogP contribution is -2.16. The molecule has 0 fully saturated rings. The van der Waals surface area contributed by atoms with Crippen LogP contribution in [0.2, 0.25) is 0 Å². The number of nitrogen functional groups attached to an aromatic ring is 2. The van der Waals surface area contributed by atoms with Crippen molar-refractivity contribution in [3.63, 3.8) is 0 Å². The van der Waals surface area contributed by atoms with Crippen molar-refractivity contribution in [1.82, 2.24) is 0 Å². The molecule has 0 spiro atoms. The molecule has 2 rings (SSSR count). The molecule has 1 aromatic carbocycles. The van der Waals surface area contributed by atoms with Crippen molar-refractivity contribution < 1.29 is 4.79 Å². The Balaban J connectivity index is 0.00000128. The van der Waals surface area contributed by atoms with E-state index in [1.807, 2.05) is 13.8 Å². The van der Waals surface area contributed by atoms with Crippen LogP contribution >= 0.6 is 24.8 Å². The van der Waals surface area contributed by atoms with Crippen molar-refractivity contribution in [1.29, 1.82) is 0 Å². The zero-order valence-corrected chi connectivity index (χ0v) is 11.3. The van der Waals surface area contributed by atoms with Gasteiger partial charge in [-0.1, -0.05) is 13.8 Å². The fourth-order valence-corrected chi connectivity index (χ4v) is 2.03. The van der Waals surface area contributed by atoms with Gasteiger partial charge in [0.05, 0.1) is 17.3 Å². The molecule has 1 heterocycles. The van der Waals surface area contributed by atoms with Crippen molar-refractivity contribution in [2.75, 3.05) is 16.8 Å². The molecule has 5 N–H and O–H groups in total. The van der Waals surface area contributed by atoms with Crippen molar-refractivity contribution in [2.24, 2.45) is 5.92 Å². The lowest BCUT2D eigenvalue weighted by Gasteiger charge is -2.13. The Labute approximate surface area is 113 Å². The Morgan fingerprint density at radius 3 is 2.24 bits per heavy atom. The molecule has 1 amide bonds. The fraction of sp³-hybridized carbons (Fsp3) is 0.364. The smallest absolute Gasteiger partial charge is 0.232 e. The van der Waals surface area contributed by atoms with Crippen LogP contribution < -0.4 is 16.8 Å². The molecule has 0 bridgehead atoms. The second-order valence-electron chi connectivity index (χ2n) is 4.28. The molecular weight excluding hydrogens is 261 g/mol. The van der Waals surface area contributed by atoms with Crippen molar-refractivity contribution >= 4 is 47.8 Å². The predicted molar refractivity (Wildman–Crippen MR) is 76.0 cm³/mol. The standard InChI is InChI=1S/C11H15N3O.2ClH/c1-5(2)10-6-3-7(12)8(13)4-9(6)14-11(10)15;;/h3-5,10H,12-13H2,1-2H3,(H,14,15);2*1H. The SMILES string of the molecule is CC(C)C1C(=O)Nc2cc(N)c(N)cc21.Cl.Cl. The minimum absolute atomic E-state index is 0. The molecule has 17 heavy (non-hydrogen) atoms. The third-order valence-electron chi connectivity index (χ3n) is 2.80. The van der Waals surface area contributed by atoms with Crippen molar-refractivity contribution in [3.05, 3.63) is 17.7 Å². The van der Waals surface area contributed by atoms with Gasteiger partial charge >= 0.3 is 0 Å². The summed E-state index contributed by atoms with van der Waals surface area (Å²) in [5.74, 6) is 0.183.